The zero-order chi connectivity index (χ0) is 23.5. The molecule has 0 aliphatic carbocycles. The second-order valence-corrected chi connectivity index (χ2v) is 9.99. The first-order valence-corrected chi connectivity index (χ1v) is 12.9. The summed E-state index contributed by atoms with van der Waals surface area (Å²) in [6, 6.07) is 15.3. The van der Waals surface area contributed by atoms with Crippen molar-refractivity contribution in [3.63, 3.8) is 0 Å². The molecule has 3 atom stereocenters. The van der Waals surface area contributed by atoms with E-state index in [1.165, 1.54) is 32.2 Å². The third kappa shape index (κ3) is 9.20. The molecule has 0 aromatic heterocycles. The molecule has 0 spiro atoms. The highest BCUT2D eigenvalue weighted by Gasteiger charge is 2.38. The number of benzene rings is 2. The molecule has 2 saturated heterocycles. The van der Waals surface area contributed by atoms with E-state index >= 15 is 0 Å². The van der Waals surface area contributed by atoms with Gasteiger partial charge in [0.05, 0.1) is 32.5 Å². The second-order valence-electron chi connectivity index (χ2n) is 9.11. The van der Waals surface area contributed by atoms with Crippen LogP contribution in [0.5, 0.6) is 0 Å². The molecule has 4 nitrogen and oxygen atoms in total. The van der Waals surface area contributed by atoms with E-state index < -0.39 is 0 Å². The Morgan fingerprint density at radius 2 is 1.36 bits per heavy atom. The Bertz CT molecular complexity index is 741. The summed E-state index contributed by atoms with van der Waals surface area (Å²) in [5.74, 6) is 0.720. The van der Waals surface area contributed by atoms with Gasteiger partial charge in [-0.25, -0.2) is 0 Å². The lowest BCUT2D eigenvalue weighted by Gasteiger charge is -2.44. The van der Waals surface area contributed by atoms with Gasteiger partial charge in [-0.3, -0.25) is 0 Å². The first-order chi connectivity index (χ1) is 16.0. The standard InChI is InChI=1S/C14H12Cl2O.C13H25NO2/c15-13-5-1-11(2-6-13)9-17-10-12-3-7-14(16)8-4-12;1-2-3-4-5-6-14-7-11-9-16-10-12(8-14)13(11)15/h1-8H,9-10H2;11-13,15H,2-10H2,1H3/t;11-,12+,13?. The van der Waals surface area contributed by atoms with Crippen LogP contribution in [0.4, 0.5) is 0 Å². The fraction of sp³-hybridized carbons (Fsp3) is 0.556. The Kier molecular flexibility index (Phi) is 11.5. The maximum absolute atomic E-state index is 10.0. The molecule has 4 rings (SSSR count). The van der Waals surface area contributed by atoms with E-state index in [0.717, 1.165) is 47.5 Å². The van der Waals surface area contributed by atoms with Crippen molar-refractivity contribution in [2.24, 2.45) is 11.8 Å². The fourth-order valence-electron chi connectivity index (χ4n) is 4.40. The maximum atomic E-state index is 10.0. The third-order valence-corrected chi connectivity index (χ3v) is 6.81. The van der Waals surface area contributed by atoms with Crippen molar-refractivity contribution in [3.8, 4) is 0 Å². The number of aliphatic hydroxyl groups is 1. The van der Waals surface area contributed by atoms with E-state index in [1.807, 2.05) is 48.5 Å². The number of likely N-dealkylation sites (tertiary alicyclic amines) is 1. The number of aliphatic hydroxyl groups excluding tert-OH is 1. The molecule has 1 unspecified atom stereocenters. The van der Waals surface area contributed by atoms with Crippen molar-refractivity contribution in [2.75, 3.05) is 32.8 Å². The second kappa shape index (κ2) is 14.3. The zero-order valence-corrected chi connectivity index (χ0v) is 21.1. The van der Waals surface area contributed by atoms with Gasteiger partial charge in [0.25, 0.3) is 0 Å². The monoisotopic (exact) mass is 493 g/mol. The molecule has 2 aliphatic rings. The van der Waals surface area contributed by atoms with Gasteiger partial charge in [-0.05, 0) is 48.4 Å². The van der Waals surface area contributed by atoms with Crippen LogP contribution in [-0.4, -0.2) is 49.0 Å². The van der Waals surface area contributed by atoms with Crippen LogP contribution in [0.25, 0.3) is 0 Å². The van der Waals surface area contributed by atoms with Crippen LogP contribution >= 0.6 is 23.2 Å². The zero-order valence-electron chi connectivity index (χ0n) is 19.6. The summed E-state index contributed by atoms with van der Waals surface area (Å²) in [4.78, 5) is 2.53. The van der Waals surface area contributed by atoms with Crippen molar-refractivity contribution >= 4 is 23.2 Å². The topological polar surface area (TPSA) is 41.9 Å². The smallest absolute Gasteiger partial charge is 0.0721 e. The number of piperidine rings is 1. The van der Waals surface area contributed by atoms with Crippen LogP contribution in [0.1, 0.15) is 43.7 Å². The number of halogens is 2. The SMILES string of the molecule is CCCCCCN1C[C@H]2COC[C@@H](C1)C2O.Clc1ccc(COCc2ccc(Cl)cc2)cc1. The van der Waals surface area contributed by atoms with Gasteiger partial charge in [-0.2, -0.15) is 0 Å². The maximum Gasteiger partial charge on any atom is 0.0721 e. The number of rotatable bonds is 9. The van der Waals surface area contributed by atoms with E-state index in [2.05, 4.69) is 11.8 Å². The third-order valence-electron chi connectivity index (χ3n) is 6.31. The number of hydrogen-bond acceptors (Lipinski definition) is 4. The van der Waals surface area contributed by atoms with Crippen LogP contribution in [0.15, 0.2) is 48.5 Å². The normalized spacial score (nSPS) is 22.5. The highest BCUT2D eigenvalue weighted by atomic mass is 35.5. The number of nitrogens with zero attached hydrogens (tertiary/aromatic N) is 1. The highest BCUT2D eigenvalue weighted by Crippen LogP contribution is 2.27. The predicted octanol–water partition coefficient (Wildman–Crippen LogP) is 6.22. The summed E-state index contributed by atoms with van der Waals surface area (Å²) in [7, 11) is 0. The van der Waals surface area contributed by atoms with Crippen LogP contribution in [0.3, 0.4) is 0 Å². The minimum atomic E-state index is -0.111. The molecule has 2 aromatic carbocycles. The minimum Gasteiger partial charge on any atom is -0.392 e. The van der Waals surface area contributed by atoms with Crippen molar-refractivity contribution in [3.05, 3.63) is 69.7 Å². The van der Waals surface area contributed by atoms with Gasteiger partial charge in [0, 0.05) is 35.0 Å². The molecule has 1 N–H and O–H groups in total. The molecule has 2 aromatic rings. The molecule has 0 saturated carbocycles. The van der Waals surface area contributed by atoms with E-state index in [4.69, 9.17) is 32.7 Å². The summed E-state index contributed by atoms with van der Waals surface area (Å²) in [5, 5.41) is 11.5. The average molecular weight is 495 g/mol. The van der Waals surface area contributed by atoms with E-state index in [0.29, 0.717) is 25.0 Å². The lowest BCUT2D eigenvalue weighted by molar-refractivity contribution is -0.123. The molecule has 0 amide bonds. The van der Waals surface area contributed by atoms with Crippen molar-refractivity contribution < 1.29 is 14.6 Å². The highest BCUT2D eigenvalue weighted by molar-refractivity contribution is 6.30. The molecule has 2 heterocycles. The van der Waals surface area contributed by atoms with Gasteiger partial charge in [-0.1, -0.05) is 73.7 Å². The van der Waals surface area contributed by atoms with Crippen LogP contribution in [0.2, 0.25) is 10.0 Å². The minimum absolute atomic E-state index is 0.111. The Morgan fingerprint density at radius 1 is 0.848 bits per heavy atom. The predicted molar refractivity (Wildman–Crippen MR) is 136 cm³/mol. The number of fused-ring (bicyclic) bond motifs is 2. The summed E-state index contributed by atoms with van der Waals surface area (Å²) in [5.41, 5.74) is 2.23. The number of ether oxygens (including phenoxy) is 2. The first-order valence-electron chi connectivity index (χ1n) is 12.1. The Morgan fingerprint density at radius 3 is 1.85 bits per heavy atom. The van der Waals surface area contributed by atoms with Gasteiger partial charge < -0.3 is 19.5 Å². The molecule has 2 fully saturated rings. The van der Waals surface area contributed by atoms with Gasteiger partial charge >= 0.3 is 0 Å². The molecule has 2 bridgehead atoms. The van der Waals surface area contributed by atoms with Gasteiger partial charge in [0.1, 0.15) is 0 Å². The van der Waals surface area contributed by atoms with Crippen LogP contribution in [0, 0.1) is 11.8 Å². The Labute approximate surface area is 208 Å². The molecule has 182 valence electrons. The van der Waals surface area contributed by atoms with Crippen LogP contribution in [-0.2, 0) is 22.7 Å². The summed E-state index contributed by atoms with van der Waals surface area (Å²) in [6.07, 6.45) is 5.20. The van der Waals surface area contributed by atoms with Crippen molar-refractivity contribution in [1.29, 1.82) is 0 Å². The van der Waals surface area contributed by atoms with Crippen molar-refractivity contribution in [1.82, 2.24) is 4.90 Å². The van der Waals surface area contributed by atoms with E-state index in [1.54, 1.807) is 0 Å². The molecule has 0 radical (unpaired) electrons. The van der Waals surface area contributed by atoms with Gasteiger partial charge in [0.2, 0.25) is 0 Å². The average Bonchev–Trinajstić information content (AvgIpc) is 2.80. The van der Waals surface area contributed by atoms with Gasteiger partial charge in [-0.15, -0.1) is 0 Å². The van der Waals surface area contributed by atoms with E-state index in [-0.39, 0.29) is 6.10 Å². The number of unbranched alkanes of at least 4 members (excludes halogenated alkanes) is 3. The molecular formula is C27H37Cl2NO3. The fourth-order valence-corrected chi connectivity index (χ4v) is 4.66. The van der Waals surface area contributed by atoms with Gasteiger partial charge in [0.15, 0.2) is 0 Å². The quantitative estimate of drug-likeness (QED) is 0.421. The first kappa shape index (κ1) is 26.5. The van der Waals surface area contributed by atoms with Crippen LogP contribution < -0.4 is 0 Å². The molecule has 2 aliphatic heterocycles. The van der Waals surface area contributed by atoms with Crippen molar-refractivity contribution in [2.45, 2.75) is 51.9 Å². The summed E-state index contributed by atoms with van der Waals surface area (Å²) >= 11 is 11.6. The Balaban J connectivity index is 0.000000186. The lowest BCUT2D eigenvalue weighted by Crippen LogP contribution is -2.55. The summed E-state index contributed by atoms with van der Waals surface area (Å²) < 4.78 is 11.1. The molecule has 6 heteroatoms. The largest absolute Gasteiger partial charge is 0.392 e. The lowest BCUT2D eigenvalue weighted by atomic mass is 9.85. The molecular weight excluding hydrogens is 457 g/mol. The number of hydrogen-bond donors (Lipinski definition) is 1. The molecule has 33 heavy (non-hydrogen) atoms. The summed E-state index contributed by atoms with van der Waals surface area (Å²) in [6.45, 7) is 8.19. The Hall–Kier alpha value is -1.14. The van der Waals surface area contributed by atoms with E-state index in [9.17, 15) is 5.11 Å².